The van der Waals surface area contributed by atoms with Gasteiger partial charge < -0.3 is 5.73 Å². The van der Waals surface area contributed by atoms with Gasteiger partial charge in [0.15, 0.2) is 5.82 Å². The predicted octanol–water partition coefficient (Wildman–Crippen LogP) is 1.59. The van der Waals surface area contributed by atoms with Crippen LogP contribution >= 0.6 is 0 Å². The first-order chi connectivity index (χ1) is 11.9. The topological polar surface area (TPSA) is 95.8 Å². The third-order valence-corrected chi connectivity index (χ3v) is 3.79. The van der Waals surface area contributed by atoms with E-state index in [0.717, 1.165) is 10.2 Å². The van der Waals surface area contributed by atoms with Crippen LogP contribution < -0.4 is 11.4 Å². The van der Waals surface area contributed by atoms with Crippen LogP contribution in [0.5, 0.6) is 0 Å². The summed E-state index contributed by atoms with van der Waals surface area (Å²) in [5.74, 6) is -0.674. The van der Waals surface area contributed by atoms with E-state index in [1.807, 2.05) is 6.92 Å². The molecule has 0 fully saturated rings. The second kappa shape index (κ2) is 6.31. The first-order valence-corrected chi connectivity index (χ1v) is 7.58. The minimum absolute atomic E-state index is 0.175. The number of benzene rings is 1. The fourth-order valence-electron chi connectivity index (χ4n) is 2.37. The summed E-state index contributed by atoms with van der Waals surface area (Å²) in [4.78, 5) is 28.5. The second-order valence-corrected chi connectivity index (χ2v) is 5.67. The predicted molar refractivity (Wildman–Crippen MR) is 89.7 cm³/mol. The van der Waals surface area contributed by atoms with Crippen molar-refractivity contribution in [3.8, 4) is 17.2 Å². The standard InChI is InChI=1S/C17H16FN5O2/c1-10-6-7-14(20-9-10)22-16(12-4-3-5-13(18)8-12)21-23(17(22)25)11(2)15(19)24/h3-9,11H,1-2H3,(H2,19,24). The molecule has 25 heavy (non-hydrogen) atoms. The Labute approximate surface area is 142 Å². The number of carbonyl (C=O) groups excluding carboxylic acids is 1. The molecule has 8 heteroatoms. The zero-order chi connectivity index (χ0) is 18.1. The molecule has 128 valence electrons. The fourth-order valence-corrected chi connectivity index (χ4v) is 2.37. The smallest absolute Gasteiger partial charge is 0.352 e. The van der Waals surface area contributed by atoms with Gasteiger partial charge in [-0.25, -0.2) is 23.4 Å². The van der Waals surface area contributed by atoms with Gasteiger partial charge in [-0.3, -0.25) is 4.79 Å². The Morgan fingerprint density at radius 1 is 1.28 bits per heavy atom. The average molecular weight is 341 g/mol. The maximum Gasteiger partial charge on any atom is 0.352 e. The number of rotatable bonds is 4. The zero-order valence-electron chi connectivity index (χ0n) is 13.7. The average Bonchev–Trinajstić information content (AvgIpc) is 2.92. The number of primary amides is 1. The minimum atomic E-state index is -0.952. The third kappa shape index (κ3) is 3.06. The molecule has 3 rings (SSSR count). The van der Waals surface area contributed by atoms with Crippen LogP contribution in [0.4, 0.5) is 4.39 Å². The number of halogens is 1. The lowest BCUT2D eigenvalue weighted by atomic mass is 10.2. The molecular weight excluding hydrogens is 325 g/mol. The van der Waals surface area contributed by atoms with Crippen LogP contribution in [0, 0.1) is 12.7 Å². The minimum Gasteiger partial charge on any atom is -0.368 e. The van der Waals surface area contributed by atoms with E-state index in [2.05, 4.69) is 10.1 Å². The van der Waals surface area contributed by atoms with E-state index in [0.29, 0.717) is 11.4 Å². The maximum absolute atomic E-state index is 13.6. The normalized spacial score (nSPS) is 12.1. The van der Waals surface area contributed by atoms with E-state index in [-0.39, 0.29) is 5.82 Å². The first-order valence-electron chi connectivity index (χ1n) is 7.58. The van der Waals surface area contributed by atoms with Gasteiger partial charge in [-0.15, -0.1) is 5.10 Å². The quantitative estimate of drug-likeness (QED) is 0.779. The highest BCUT2D eigenvalue weighted by Gasteiger charge is 2.23. The molecule has 3 aromatic rings. The Balaban J connectivity index is 2.29. The molecule has 0 radical (unpaired) electrons. The van der Waals surface area contributed by atoms with E-state index < -0.39 is 23.5 Å². The molecule has 1 atom stereocenters. The van der Waals surface area contributed by atoms with E-state index in [1.54, 1.807) is 24.4 Å². The lowest BCUT2D eigenvalue weighted by Gasteiger charge is -2.05. The van der Waals surface area contributed by atoms with E-state index in [9.17, 15) is 14.0 Å². The van der Waals surface area contributed by atoms with Crippen LogP contribution in [-0.4, -0.2) is 25.2 Å². The lowest BCUT2D eigenvalue weighted by molar-refractivity contribution is -0.121. The van der Waals surface area contributed by atoms with Crippen molar-refractivity contribution in [2.45, 2.75) is 19.9 Å². The Hall–Kier alpha value is -3.29. The molecule has 0 aliphatic rings. The molecule has 1 amide bonds. The monoisotopic (exact) mass is 341 g/mol. The molecule has 0 bridgehead atoms. The van der Waals surface area contributed by atoms with E-state index in [1.165, 1.54) is 29.7 Å². The number of hydrogen-bond donors (Lipinski definition) is 1. The van der Waals surface area contributed by atoms with Crippen molar-refractivity contribution < 1.29 is 9.18 Å². The molecule has 2 N–H and O–H groups in total. The summed E-state index contributed by atoms with van der Waals surface area (Å²) in [7, 11) is 0. The molecule has 1 unspecified atom stereocenters. The highest BCUT2D eigenvalue weighted by molar-refractivity contribution is 5.77. The number of aromatic nitrogens is 4. The van der Waals surface area contributed by atoms with Crippen molar-refractivity contribution in [2.75, 3.05) is 0 Å². The molecule has 1 aromatic carbocycles. The summed E-state index contributed by atoms with van der Waals surface area (Å²) in [6.45, 7) is 3.34. The van der Waals surface area contributed by atoms with Gasteiger partial charge in [-0.1, -0.05) is 18.2 Å². The highest BCUT2D eigenvalue weighted by atomic mass is 19.1. The van der Waals surface area contributed by atoms with Gasteiger partial charge in [0.2, 0.25) is 5.91 Å². The van der Waals surface area contributed by atoms with Crippen molar-refractivity contribution in [2.24, 2.45) is 5.73 Å². The van der Waals surface area contributed by atoms with Crippen LogP contribution in [0.2, 0.25) is 0 Å². The third-order valence-electron chi connectivity index (χ3n) is 3.79. The summed E-state index contributed by atoms with van der Waals surface area (Å²) in [5, 5.41) is 4.20. The molecule has 0 saturated heterocycles. The lowest BCUT2D eigenvalue weighted by Crippen LogP contribution is -2.33. The number of nitrogens with zero attached hydrogens (tertiary/aromatic N) is 4. The van der Waals surface area contributed by atoms with Crippen LogP contribution in [0.3, 0.4) is 0 Å². The zero-order valence-corrected chi connectivity index (χ0v) is 13.7. The van der Waals surface area contributed by atoms with Gasteiger partial charge in [-0.2, -0.15) is 0 Å². The van der Waals surface area contributed by atoms with Crippen molar-refractivity contribution >= 4 is 5.91 Å². The summed E-state index contributed by atoms with van der Waals surface area (Å²) in [6.07, 6.45) is 1.60. The van der Waals surface area contributed by atoms with Gasteiger partial charge in [0.25, 0.3) is 0 Å². The van der Waals surface area contributed by atoms with Gasteiger partial charge in [0, 0.05) is 11.8 Å². The van der Waals surface area contributed by atoms with E-state index in [4.69, 9.17) is 5.73 Å². The Morgan fingerprint density at radius 2 is 2.04 bits per heavy atom. The van der Waals surface area contributed by atoms with Gasteiger partial charge in [-0.05, 0) is 37.6 Å². The number of amides is 1. The number of hydrogen-bond acceptors (Lipinski definition) is 4. The SMILES string of the molecule is Cc1ccc(-n2c(-c3cccc(F)c3)nn(C(C)C(N)=O)c2=O)nc1. The van der Waals surface area contributed by atoms with Gasteiger partial charge in [0.05, 0.1) is 0 Å². The van der Waals surface area contributed by atoms with Crippen LogP contribution in [0.15, 0.2) is 47.4 Å². The van der Waals surface area contributed by atoms with Crippen LogP contribution in [0.25, 0.3) is 17.2 Å². The first kappa shape index (κ1) is 16.6. The summed E-state index contributed by atoms with van der Waals surface area (Å²) in [5.41, 5.74) is 6.02. The molecule has 2 aromatic heterocycles. The van der Waals surface area contributed by atoms with E-state index >= 15 is 0 Å². The second-order valence-electron chi connectivity index (χ2n) is 5.67. The fraction of sp³-hybridized carbons (Fsp3) is 0.176. The van der Waals surface area contributed by atoms with Crippen LogP contribution in [0.1, 0.15) is 18.5 Å². The Kier molecular flexibility index (Phi) is 4.18. The van der Waals surface area contributed by atoms with Gasteiger partial charge >= 0.3 is 5.69 Å². The molecule has 0 spiro atoms. The largest absolute Gasteiger partial charge is 0.368 e. The molecule has 0 aliphatic carbocycles. The summed E-state index contributed by atoms with van der Waals surface area (Å²) < 4.78 is 15.8. The number of aryl methyl sites for hydroxylation is 1. The number of carbonyl (C=O) groups is 1. The molecular formula is C17H16FN5O2. The Bertz CT molecular complexity index is 991. The van der Waals surface area contributed by atoms with Crippen molar-refractivity contribution in [3.63, 3.8) is 0 Å². The highest BCUT2D eigenvalue weighted by Crippen LogP contribution is 2.20. The maximum atomic E-state index is 13.6. The van der Waals surface area contributed by atoms with Crippen LogP contribution in [-0.2, 0) is 4.79 Å². The molecule has 2 heterocycles. The van der Waals surface area contributed by atoms with Gasteiger partial charge in [0.1, 0.15) is 17.7 Å². The molecule has 7 nitrogen and oxygen atoms in total. The van der Waals surface area contributed by atoms with Crippen molar-refractivity contribution in [1.82, 2.24) is 19.3 Å². The number of pyridine rings is 1. The molecule has 0 saturated carbocycles. The Morgan fingerprint density at radius 3 is 2.64 bits per heavy atom. The molecule has 0 aliphatic heterocycles. The van der Waals surface area contributed by atoms with Crippen molar-refractivity contribution in [3.05, 3.63) is 64.5 Å². The summed E-state index contributed by atoms with van der Waals surface area (Å²) >= 11 is 0. The van der Waals surface area contributed by atoms with Crippen molar-refractivity contribution in [1.29, 1.82) is 0 Å². The summed E-state index contributed by atoms with van der Waals surface area (Å²) in [6, 6.07) is 8.17. The number of nitrogens with two attached hydrogens (primary N) is 1.